The van der Waals surface area contributed by atoms with Gasteiger partial charge in [0.05, 0.1) is 11.6 Å². The number of rotatable bonds is 2. The van der Waals surface area contributed by atoms with Crippen molar-refractivity contribution in [3.05, 3.63) is 58.2 Å². The summed E-state index contributed by atoms with van der Waals surface area (Å²) in [6, 6.07) is 9.51. The van der Waals surface area contributed by atoms with E-state index >= 15 is 8.78 Å². The Hall–Kier alpha value is -2.76. The third-order valence-electron chi connectivity index (χ3n) is 9.01. The van der Waals surface area contributed by atoms with Gasteiger partial charge >= 0.3 is 5.92 Å². The predicted octanol–water partition coefficient (Wildman–Crippen LogP) is 5.46. The van der Waals surface area contributed by atoms with Crippen LogP contribution in [0, 0.1) is 40.9 Å². The van der Waals surface area contributed by atoms with Gasteiger partial charge in [0.2, 0.25) is 0 Å². The van der Waals surface area contributed by atoms with Crippen LogP contribution in [0.5, 0.6) is 0 Å². The van der Waals surface area contributed by atoms with Crippen LogP contribution in [0.1, 0.15) is 68.9 Å². The minimum absolute atomic E-state index is 0.0311. The van der Waals surface area contributed by atoms with Crippen molar-refractivity contribution in [3.8, 4) is 18.4 Å². The molecule has 3 nitrogen and oxygen atoms in total. The van der Waals surface area contributed by atoms with Gasteiger partial charge in [-0.1, -0.05) is 24.6 Å². The summed E-state index contributed by atoms with van der Waals surface area (Å²) in [5, 5.41) is 20.9. The normalized spacial score (nSPS) is 35.6. The summed E-state index contributed by atoms with van der Waals surface area (Å²) < 4.78 is 30.1. The monoisotopic (exact) mass is 447 g/mol. The predicted molar refractivity (Wildman–Crippen MR) is 120 cm³/mol. The summed E-state index contributed by atoms with van der Waals surface area (Å²) >= 11 is 0. The highest BCUT2D eigenvalue weighted by Crippen LogP contribution is 2.69. The van der Waals surface area contributed by atoms with E-state index < -0.39 is 16.9 Å². The number of carbonyl (C=O) groups is 1. The van der Waals surface area contributed by atoms with Gasteiger partial charge in [-0.05, 0) is 91.2 Å². The maximum atomic E-state index is 15.1. The molecule has 0 heterocycles. The molecule has 1 aromatic rings. The molecule has 5 heteroatoms. The lowest BCUT2D eigenvalue weighted by Gasteiger charge is -2.55. The Bertz CT molecular complexity index is 1180. The first kappa shape index (κ1) is 22.1. The van der Waals surface area contributed by atoms with Crippen molar-refractivity contribution in [1.29, 1.82) is 5.26 Å². The Labute approximate surface area is 193 Å². The average Bonchev–Trinajstić information content (AvgIpc) is 3.10. The summed E-state index contributed by atoms with van der Waals surface area (Å²) in [6.07, 6.45) is 10.4. The minimum atomic E-state index is -3.63. The zero-order valence-electron chi connectivity index (χ0n) is 18.7. The van der Waals surface area contributed by atoms with E-state index in [9.17, 15) is 15.2 Å². The van der Waals surface area contributed by atoms with Crippen molar-refractivity contribution in [3.63, 3.8) is 0 Å². The molecule has 5 atom stereocenters. The topological polar surface area (TPSA) is 61.1 Å². The number of carbonyl (C=O) groups excluding carboxylic acids is 1. The van der Waals surface area contributed by atoms with Gasteiger partial charge in [-0.15, -0.1) is 6.42 Å². The van der Waals surface area contributed by atoms with Crippen molar-refractivity contribution in [2.45, 2.75) is 69.3 Å². The maximum absolute atomic E-state index is 15.1. The van der Waals surface area contributed by atoms with E-state index in [4.69, 9.17) is 6.42 Å². The zero-order valence-corrected chi connectivity index (χ0v) is 18.7. The van der Waals surface area contributed by atoms with Crippen LogP contribution < -0.4 is 0 Å². The summed E-state index contributed by atoms with van der Waals surface area (Å²) in [5.74, 6) is -2.18. The van der Waals surface area contributed by atoms with Crippen LogP contribution in [0.25, 0.3) is 0 Å². The molecule has 2 saturated carbocycles. The van der Waals surface area contributed by atoms with E-state index in [0.717, 1.165) is 24.0 Å². The molecule has 33 heavy (non-hydrogen) atoms. The summed E-state index contributed by atoms with van der Waals surface area (Å²) in [4.78, 5) is 12.1. The number of allylic oxidation sites excluding steroid dienone is 4. The number of alkyl halides is 2. The molecule has 2 fully saturated rings. The molecule has 170 valence electrons. The Morgan fingerprint density at radius 1 is 1.24 bits per heavy atom. The Morgan fingerprint density at radius 2 is 2.03 bits per heavy atom. The molecule has 5 rings (SSSR count). The lowest BCUT2D eigenvalue weighted by Crippen LogP contribution is -2.60. The zero-order chi connectivity index (χ0) is 23.6. The molecule has 0 aromatic heterocycles. The van der Waals surface area contributed by atoms with Crippen LogP contribution in [-0.4, -0.2) is 22.4 Å². The van der Waals surface area contributed by atoms with Crippen molar-refractivity contribution < 1.29 is 18.7 Å². The van der Waals surface area contributed by atoms with Crippen molar-refractivity contribution in [2.75, 3.05) is 0 Å². The standard InChI is InChI=1S/C28H27F2NO2/c1-3-28(29,30)27(33)12-11-24-22-9-7-19-14-20(32)8-10-21(19)25(22)23(15-26(24,27)2)18-6-4-5-17(13-18)16-31/h1,4-6,13-14,22-24,33H,7-12,15H2,2H3/t22?,23?,24?,26?,27-/m0/s1. The van der Waals surface area contributed by atoms with Gasteiger partial charge in [0.1, 0.15) is 5.60 Å². The van der Waals surface area contributed by atoms with E-state index in [0.29, 0.717) is 31.2 Å². The van der Waals surface area contributed by atoms with Gasteiger partial charge in [-0.25, -0.2) is 0 Å². The number of aliphatic hydroxyl groups is 1. The molecule has 0 spiro atoms. The first-order valence-corrected chi connectivity index (χ1v) is 11.7. The first-order valence-electron chi connectivity index (χ1n) is 11.7. The second-order valence-electron chi connectivity index (χ2n) is 10.4. The van der Waals surface area contributed by atoms with Gasteiger partial charge in [0, 0.05) is 17.8 Å². The number of terminal acetylenes is 1. The van der Waals surface area contributed by atoms with Crippen LogP contribution in [0.2, 0.25) is 0 Å². The second kappa shape index (κ2) is 7.37. The fourth-order valence-electron chi connectivity index (χ4n) is 7.42. The number of hydrogen-bond acceptors (Lipinski definition) is 3. The lowest BCUT2D eigenvalue weighted by molar-refractivity contribution is -0.209. The van der Waals surface area contributed by atoms with Crippen LogP contribution >= 0.6 is 0 Å². The highest BCUT2D eigenvalue weighted by atomic mass is 19.3. The molecule has 4 aliphatic carbocycles. The molecule has 4 aliphatic rings. The summed E-state index contributed by atoms with van der Waals surface area (Å²) in [5.41, 5.74) is 1.56. The van der Waals surface area contributed by atoms with Crippen molar-refractivity contribution in [2.24, 2.45) is 17.3 Å². The van der Waals surface area contributed by atoms with Gasteiger partial charge in [-0.2, -0.15) is 14.0 Å². The fraction of sp³-hybridized carbons (Fsp3) is 0.500. The SMILES string of the molecule is C#CC(F)(F)[C@]1(O)CCC2C3CCC4=CC(=O)CCC4=C3C(c3cccc(C#N)c3)CC21C. The van der Waals surface area contributed by atoms with Crippen LogP contribution in [0.15, 0.2) is 47.1 Å². The summed E-state index contributed by atoms with van der Waals surface area (Å²) in [6.45, 7) is 1.79. The van der Waals surface area contributed by atoms with Crippen molar-refractivity contribution in [1.82, 2.24) is 0 Å². The number of fused-ring (bicyclic) bond motifs is 4. The molecule has 1 N–H and O–H groups in total. The molecule has 0 amide bonds. The highest BCUT2D eigenvalue weighted by molar-refractivity contribution is 5.93. The number of nitrogens with zero attached hydrogens (tertiary/aromatic N) is 1. The van der Waals surface area contributed by atoms with Crippen LogP contribution in [-0.2, 0) is 4.79 Å². The Morgan fingerprint density at radius 3 is 2.76 bits per heavy atom. The van der Waals surface area contributed by atoms with Crippen LogP contribution in [0.4, 0.5) is 8.78 Å². The van der Waals surface area contributed by atoms with Gasteiger partial charge < -0.3 is 5.11 Å². The van der Waals surface area contributed by atoms with E-state index in [1.165, 1.54) is 11.1 Å². The minimum Gasteiger partial charge on any atom is -0.382 e. The van der Waals surface area contributed by atoms with E-state index in [1.807, 2.05) is 18.2 Å². The van der Waals surface area contributed by atoms with Crippen molar-refractivity contribution >= 4 is 5.78 Å². The number of ketones is 1. The Kier molecular flexibility index (Phi) is 4.93. The highest BCUT2D eigenvalue weighted by Gasteiger charge is 2.71. The quantitative estimate of drug-likeness (QED) is 0.613. The molecule has 0 bridgehead atoms. The molecule has 0 saturated heterocycles. The molecular weight excluding hydrogens is 420 g/mol. The first-order chi connectivity index (χ1) is 15.6. The Balaban J connectivity index is 1.72. The van der Waals surface area contributed by atoms with Gasteiger partial charge in [0.25, 0.3) is 0 Å². The lowest BCUT2D eigenvalue weighted by atomic mass is 9.50. The second-order valence-corrected chi connectivity index (χ2v) is 10.4. The third kappa shape index (κ3) is 2.99. The molecule has 1 aromatic carbocycles. The molecule has 0 aliphatic heterocycles. The third-order valence-corrected chi connectivity index (χ3v) is 9.01. The van der Waals surface area contributed by atoms with Gasteiger partial charge in [0.15, 0.2) is 5.78 Å². The maximum Gasteiger partial charge on any atom is 0.336 e. The number of benzene rings is 1. The van der Waals surface area contributed by atoms with E-state index in [2.05, 4.69) is 6.07 Å². The van der Waals surface area contributed by atoms with Crippen LogP contribution in [0.3, 0.4) is 0 Å². The number of halogens is 2. The van der Waals surface area contributed by atoms with Gasteiger partial charge in [-0.3, -0.25) is 4.79 Å². The smallest absolute Gasteiger partial charge is 0.336 e. The van der Waals surface area contributed by atoms with E-state index in [-0.39, 0.29) is 30.0 Å². The van der Waals surface area contributed by atoms with E-state index in [1.54, 1.807) is 25.0 Å². The number of hydrogen-bond donors (Lipinski definition) is 1. The fourth-order valence-corrected chi connectivity index (χ4v) is 7.42. The number of nitriles is 1. The molecule has 0 radical (unpaired) electrons. The summed E-state index contributed by atoms with van der Waals surface area (Å²) in [7, 11) is 0. The molecular formula is C28H27F2NO2. The molecule has 4 unspecified atom stereocenters. The average molecular weight is 448 g/mol. The largest absolute Gasteiger partial charge is 0.382 e.